The first-order chi connectivity index (χ1) is 11.0. The molecule has 0 saturated heterocycles. The summed E-state index contributed by atoms with van der Waals surface area (Å²) in [6, 6.07) is 5.08. The normalized spacial score (nSPS) is 21.5. The van der Waals surface area contributed by atoms with E-state index in [0.717, 1.165) is 12.7 Å². The van der Waals surface area contributed by atoms with E-state index in [-0.39, 0.29) is 10.9 Å². The second-order valence-electron chi connectivity index (χ2n) is 6.20. The van der Waals surface area contributed by atoms with Crippen molar-refractivity contribution in [3.05, 3.63) is 24.3 Å². The molecule has 1 aliphatic carbocycles. The molecule has 0 radical (unpaired) electrons. The van der Waals surface area contributed by atoms with Crippen molar-refractivity contribution in [3.8, 4) is 0 Å². The van der Waals surface area contributed by atoms with Gasteiger partial charge in [-0.25, -0.2) is 21.6 Å². The van der Waals surface area contributed by atoms with Gasteiger partial charge < -0.3 is 10.2 Å². The van der Waals surface area contributed by atoms with Crippen LogP contribution in [-0.4, -0.2) is 58.6 Å². The first kappa shape index (κ1) is 18.7. The number of carbonyl (C=O) groups excluding carboxylic acids is 1. The number of hydrogen-bond donors (Lipinski definition) is 1. The molecule has 1 fully saturated rings. The Balaban J connectivity index is 2.09. The van der Waals surface area contributed by atoms with E-state index in [9.17, 15) is 21.6 Å². The minimum atomic E-state index is -3.29. The topological polar surface area (TPSA) is 101 Å². The first-order valence-corrected chi connectivity index (χ1v) is 11.4. The summed E-state index contributed by atoms with van der Waals surface area (Å²) in [6.45, 7) is 0. The largest absolute Gasteiger partial charge is 0.323 e. The number of amides is 2. The Bertz CT molecular complexity index is 816. The zero-order valence-electron chi connectivity index (χ0n) is 13.9. The monoisotopic (exact) mass is 374 g/mol. The molecule has 1 saturated carbocycles. The molecule has 1 aromatic carbocycles. The van der Waals surface area contributed by atoms with Crippen LogP contribution in [-0.2, 0) is 19.7 Å². The number of benzene rings is 1. The van der Waals surface area contributed by atoms with Crippen LogP contribution in [0, 0.1) is 0 Å². The van der Waals surface area contributed by atoms with Gasteiger partial charge in [-0.1, -0.05) is 0 Å². The lowest BCUT2D eigenvalue weighted by molar-refractivity contribution is 0.205. The first-order valence-electron chi connectivity index (χ1n) is 7.53. The van der Waals surface area contributed by atoms with Crippen molar-refractivity contribution in [2.24, 2.45) is 0 Å². The second kappa shape index (κ2) is 6.72. The molecule has 1 N–H and O–H groups in total. The molecular formula is C15H22N2O5S2. The zero-order chi connectivity index (χ0) is 18.1. The summed E-state index contributed by atoms with van der Waals surface area (Å²) in [4.78, 5) is 13.9. The Kier molecular flexibility index (Phi) is 5.24. The molecule has 1 aliphatic rings. The molecule has 2 amide bonds. The van der Waals surface area contributed by atoms with Crippen molar-refractivity contribution < 1.29 is 21.6 Å². The van der Waals surface area contributed by atoms with E-state index < -0.39 is 31.0 Å². The number of nitrogens with zero attached hydrogens (tertiary/aromatic N) is 1. The molecular weight excluding hydrogens is 352 g/mol. The molecule has 0 aliphatic heterocycles. The number of urea groups is 1. The van der Waals surface area contributed by atoms with Crippen molar-refractivity contribution in [2.45, 2.75) is 35.4 Å². The minimum Gasteiger partial charge on any atom is -0.323 e. The highest BCUT2D eigenvalue weighted by molar-refractivity contribution is 7.91. The molecule has 0 aromatic heterocycles. The van der Waals surface area contributed by atoms with Gasteiger partial charge in [0.05, 0.1) is 10.1 Å². The predicted octanol–water partition coefficient (Wildman–Crippen LogP) is 1.52. The molecule has 0 unspecified atom stereocenters. The van der Waals surface area contributed by atoms with Crippen LogP contribution in [0.5, 0.6) is 0 Å². The number of carbonyl (C=O) groups is 1. The van der Waals surface area contributed by atoms with Crippen LogP contribution in [0.1, 0.15) is 19.3 Å². The highest BCUT2D eigenvalue weighted by Crippen LogP contribution is 2.29. The highest BCUT2D eigenvalue weighted by Gasteiger charge is 2.38. The maximum absolute atomic E-state index is 12.4. The maximum atomic E-state index is 12.4. The molecule has 9 heteroatoms. The van der Waals surface area contributed by atoms with Crippen LogP contribution in [0.3, 0.4) is 0 Å². The van der Waals surface area contributed by atoms with Gasteiger partial charge in [0.15, 0.2) is 19.7 Å². The van der Waals surface area contributed by atoms with Crippen molar-refractivity contribution >= 4 is 31.4 Å². The van der Waals surface area contributed by atoms with Crippen LogP contribution in [0.2, 0.25) is 0 Å². The fraction of sp³-hybridized carbons (Fsp3) is 0.533. The van der Waals surface area contributed by atoms with Gasteiger partial charge in [0.25, 0.3) is 0 Å². The number of hydrogen-bond acceptors (Lipinski definition) is 5. The smallest absolute Gasteiger partial charge is 0.321 e. The van der Waals surface area contributed by atoms with Gasteiger partial charge in [-0.3, -0.25) is 0 Å². The van der Waals surface area contributed by atoms with Gasteiger partial charge in [-0.05, 0) is 43.5 Å². The Morgan fingerprint density at radius 1 is 1.08 bits per heavy atom. The van der Waals surface area contributed by atoms with E-state index in [1.807, 2.05) is 0 Å². The number of nitrogens with one attached hydrogen (secondary N) is 1. The van der Waals surface area contributed by atoms with Crippen LogP contribution >= 0.6 is 0 Å². The van der Waals surface area contributed by atoms with Gasteiger partial charge in [0.2, 0.25) is 0 Å². The summed E-state index contributed by atoms with van der Waals surface area (Å²) < 4.78 is 46.5. The van der Waals surface area contributed by atoms with Crippen LogP contribution in [0.4, 0.5) is 10.5 Å². The van der Waals surface area contributed by atoms with E-state index in [1.54, 1.807) is 7.05 Å². The van der Waals surface area contributed by atoms with Gasteiger partial charge in [0.1, 0.15) is 0 Å². The molecule has 0 spiro atoms. The lowest BCUT2D eigenvalue weighted by atomic mass is 10.2. The van der Waals surface area contributed by atoms with E-state index in [0.29, 0.717) is 18.5 Å². The predicted molar refractivity (Wildman–Crippen MR) is 92.6 cm³/mol. The van der Waals surface area contributed by atoms with E-state index in [2.05, 4.69) is 5.32 Å². The lowest BCUT2D eigenvalue weighted by Gasteiger charge is -2.29. The minimum absolute atomic E-state index is 0.168. The van der Waals surface area contributed by atoms with Gasteiger partial charge >= 0.3 is 6.03 Å². The highest BCUT2D eigenvalue weighted by atomic mass is 32.2. The second-order valence-corrected chi connectivity index (χ2v) is 10.5. The average molecular weight is 374 g/mol. The number of anilines is 1. The standard InChI is InChI=1S/C15H22N2O5S2/c1-17(13-5-4-6-14(13)24(3,21)22)15(18)16-11-7-9-12(10-8-11)23(2,19)20/h7-10,13-14H,4-6H2,1-3H3,(H,16,18)/t13-,14-/m0/s1. The molecule has 2 rings (SSSR count). The van der Waals surface area contributed by atoms with Crippen LogP contribution in [0.25, 0.3) is 0 Å². The Morgan fingerprint density at radius 3 is 2.17 bits per heavy atom. The molecule has 0 bridgehead atoms. The van der Waals surface area contributed by atoms with Crippen molar-refractivity contribution in [1.82, 2.24) is 4.90 Å². The lowest BCUT2D eigenvalue weighted by Crippen LogP contribution is -2.46. The zero-order valence-corrected chi connectivity index (χ0v) is 15.5. The fourth-order valence-electron chi connectivity index (χ4n) is 3.00. The Morgan fingerprint density at radius 2 is 1.67 bits per heavy atom. The number of rotatable bonds is 4. The summed E-state index contributed by atoms with van der Waals surface area (Å²) in [5.41, 5.74) is 0.452. The van der Waals surface area contributed by atoms with E-state index in [4.69, 9.17) is 0 Å². The summed E-state index contributed by atoms with van der Waals surface area (Å²) in [7, 11) is -4.93. The quantitative estimate of drug-likeness (QED) is 0.861. The summed E-state index contributed by atoms with van der Waals surface area (Å²) in [5.74, 6) is 0. The number of sulfone groups is 2. The summed E-state index contributed by atoms with van der Waals surface area (Å²) in [6.07, 6.45) is 4.29. The molecule has 1 aromatic rings. The van der Waals surface area contributed by atoms with Gasteiger partial charge in [0, 0.05) is 31.3 Å². The van der Waals surface area contributed by atoms with Gasteiger partial charge in [-0.15, -0.1) is 0 Å². The fourth-order valence-corrected chi connectivity index (χ4v) is 5.11. The molecule has 134 valence electrons. The third-order valence-electron chi connectivity index (χ3n) is 4.32. The summed E-state index contributed by atoms with van der Waals surface area (Å²) >= 11 is 0. The van der Waals surface area contributed by atoms with Crippen LogP contribution < -0.4 is 5.32 Å². The Hall–Kier alpha value is -1.61. The SMILES string of the molecule is CN(C(=O)Nc1ccc(S(C)(=O)=O)cc1)[C@H]1CCC[C@@H]1S(C)(=O)=O. The average Bonchev–Trinajstić information content (AvgIpc) is 2.95. The van der Waals surface area contributed by atoms with Crippen LogP contribution in [0.15, 0.2) is 29.2 Å². The van der Waals surface area contributed by atoms with Gasteiger partial charge in [-0.2, -0.15) is 0 Å². The summed E-state index contributed by atoms with van der Waals surface area (Å²) in [5, 5.41) is 2.13. The third-order valence-corrected chi connectivity index (χ3v) is 7.10. The van der Waals surface area contributed by atoms with Crippen molar-refractivity contribution in [1.29, 1.82) is 0 Å². The van der Waals surface area contributed by atoms with Crippen molar-refractivity contribution in [3.63, 3.8) is 0 Å². The maximum Gasteiger partial charge on any atom is 0.321 e. The third kappa shape index (κ3) is 4.27. The van der Waals surface area contributed by atoms with Crippen molar-refractivity contribution in [2.75, 3.05) is 24.9 Å². The molecule has 24 heavy (non-hydrogen) atoms. The van der Waals surface area contributed by atoms with E-state index in [1.165, 1.54) is 35.4 Å². The molecule has 2 atom stereocenters. The molecule has 7 nitrogen and oxygen atoms in total. The molecule has 0 heterocycles. The Labute approximate surface area is 142 Å². The van der Waals surface area contributed by atoms with E-state index >= 15 is 0 Å².